The number of thiophene rings is 1. The van der Waals surface area contributed by atoms with E-state index in [1.165, 1.54) is 0 Å². The Morgan fingerprint density at radius 3 is 2.88 bits per heavy atom. The third kappa shape index (κ3) is 4.87. The second-order valence-corrected chi connectivity index (χ2v) is 7.82. The van der Waals surface area contributed by atoms with Crippen LogP contribution in [0.15, 0.2) is 46.3 Å². The van der Waals surface area contributed by atoms with Gasteiger partial charge < -0.3 is 9.42 Å². The van der Waals surface area contributed by atoms with Crippen LogP contribution in [0.25, 0.3) is 10.7 Å². The maximum atomic E-state index is 12.5. The predicted molar refractivity (Wildman–Crippen MR) is 106 cm³/mol. The zero-order valence-corrected chi connectivity index (χ0v) is 16.6. The average molecular weight is 408 g/mol. The lowest BCUT2D eigenvalue weighted by Crippen LogP contribution is -2.31. The van der Waals surface area contributed by atoms with Crippen LogP contribution < -0.4 is 0 Å². The van der Waals surface area contributed by atoms with Crippen LogP contribution in [0.2, 0.25) is 5.02 Å². The number of rotatable bonds is 8. The summed E-state index contributed by atoms with van der Waals surface area (Å²) in [5.41, 5.74) is 1.03. The Morgan fingerprint density at radius 2 is 2.15 bits per heavy atom. The summed E-state index contributed by atoms with van der Waals surface area (Å²) < 4.78 is 5.29. The van der Waals surface area contributed by atoms with Crippen molar-refractivity contribution < 1.29 is 9.32 Å². The summed E-state index contributed by atoms with van der Waals surface area (Å²) in [5, 5.41) is 6.67. The molecule has 136 valence electrons. The molecule has 26 heavy (non-hydrogen) atoms. The highest BCUT2D eigenvalue weighted by Crippen LogP contribution is 2.23. The summed E-state index contributed by atoms with van der Waals surface area (Å²) in [7, 11) is 0. The molecule has 0 saturated carbocycles. The van der Waals surface area contributed by atoms with E-state index >= 15 is 0 Å². The predicted octanol–water partition coefficient (Wildman–Crippen LogP) is 4.73. The monoisotopic (exact) mass is 407 g/mol. The fourth-order valence-corrected chi connectivity index (χ4v) is 4.18. The van der Waals surface area contributed by atoms with Gasteiger partial charge >= 0.3 is 0 Å². The summed E-state index contributed by atoms with van der Waals surface area (Å²) >= 11 is 9.24. The van der Waals surface area contributed by atoms with Crippen molar-refractivity contribution in [2.45, 2.75) is 19.2 Å². The first-order valence-corrected chi connectivity index (χ1v) is 10.5. The standard InChI is InChI=1S/C18H18ClN3O2S2/c1-2-22(10-16-20-18(21-24-16)15-8-5-9-26-15)17(23)12-25-11-13-6-3-4-7-14(13)19/h3-9H,2,10-12H2,1H3. The largest absolute Gasteiger partial charge is 0.337 e. The Balaban J connectivity index is 1.53. The van der Waals surface area contributed by atoms with Crippen molar-refractivity contribution in [1.82, 2.24) is 15.0 Å². The SMILES string of the molecule is CCN(Cc1nc(-c2cccs2)no1)C(=O)CSCc1ccccc1Cl. The molecule has 0 aliphatic rings. The van der Waals surface area contributed by atoms with E-state index in [1.807, 2.05) is 48.7 Å². The molecule has 2 heterocycles. The Hall–Kier alpha value is -1.83. The van der Waals surface area contributed by atoms with Crippen molar-refractivity contribution in [3.63, 3.8) is 0 Å². The lowest BCUT2D eigenvalue weighted by atomic mass is 10.2. The molecule has 3 rings (SSSR count). The van der Waals surface area contributed by atoms with Crippen molar-refractivity contribution in [3.05, 3.63) is 58.3 Å². The first-order valence-electron chi connectivity index (χ1n) is 8.12. The van der Waals surface area contributed by atoms with Crippen molar-refractivity contribution in [3.8, 4) is 10.7 Å². The van der Waals surface area contributed by atoms with E-state index in [2.05, 4.69) is 10.1 Å². The maximum absolute atomic E-state index is 12.5. The fraction of sp³-hybridized carbons (Fsp3) is 0.278. The molecule has 0 spiro atoms. The molecule has 1 aromatic carbocycles. The van der Waals surface area contributed by atoms with Crippen LogP contribution in [-0.2, 0) is 17.1 Å². The van der Waals surface area contributed by atoms with Crippen LogP contribution in [0, 0.1) is 0 Å². The molecule has 3 aromatic rings. The highest BCUT2D eigenvalue weighted by Gasteiger charge is 2.17. The van der Waals surface area contributed by atoms with Crippen LogP contribution in [0.4, 0.5) is 0 Å². The van der Waals surface area contributed by atoms with Crippen molar-refractivity contribution in [1.29, 1.82) is 0 Å². The van der Waals surface area contributed by atoms with E-state index in [1.54, 1.807) is 28.0 Å². The number of aromatic nitrogens is 2. The zero-order chi connectivity index (χ0) is 18.4. The summed E-state index contributed by atoms with van der Waals surface area (Å²) in [4.78, 5) is 19.5. The van der Waals surface area contributed by atoms with Gasteiger partial charge in [-0.3, -0.25) is 4.79 Å². The van der Waals surface area contributed by atoms with E-state index in [4.69, 9.17) is 16.1 Å². The molecular formula is C18H18ClN3O2S2. The van der Waals surface area contributed by atoms with Crippen molar-refractivity contribution in [2.24, 2.45) is 0 Å². The first kappa shape index (κ1) is 18.9. The Bertz CT molecular complexity index is 852. The van der Waals surface area contributed by atoms with Crippen LogP contribution in [-0.4, -0.2) is 33.2 Å². The number of carbonyl (C=O) groups excluding carboxylic acids is 1. The van der Waals surface area contributed by atoms with Gasteiger partial charge in [0.15, 0.2) is 0 Å². The molecule has 0 fully saturated rings. The molecule has 2 aromatic heterocycles. The molecular weight excluding hydrogens is 390 g/mol. The minimum Gasteiger partial charge on any atom is -0.337 e. The number of hydrogen-bond donors (Lipinski definition) is 0. The Morgan fingerprint density at radius 1 is 1.31 bits per heavy atom. The molecule has 1 amide bonds. The van der Waals surface area contributed by atoms with Crippen molar-refractivity contribution >= 4 is 40.6 Å². The third-order valence-electron chi connectivity index (χ3n) is 3.71. The normalized spacial score (nSPS) is 10.8. The number of benzene rings is 1. The summed E-state index contributed by atoms with van der Waals surface area (Å²) in [5.74, 6) is 2.13. The molecule has 0 N–H and O–H groups in total. The van der Waals surface area contributed by atoms with Gasteiger partial charge in [0.25, 0.3) is 0 Å². The van der Waals surface area contributed by atoms with Gasteiger partial charge in [0, 0.05) is 17.3 Å². The number of carbonyl (C=O) groups is 1. The quantitative estimate of drug-likeness (QED) is 0.540. The molecule has 8 heteroatoms. The second kappa shape index (κ2) is 9.21. The first-order chi connectivity index (χ1) is 12.7. The Kier molecular flexibility index (Phi) is 6.71. The minimum absolute atomic E-state index is 0.0421. The molecule has 0 bridgehead atoms. The highest BCUT2D eigenvalue weighted by molar-refractivity contribution is 7.99. The van der Waals surface area contributed by atoms with Gasteiger partial charge in [-0.25, -0.2) is 0 Å². The summed E-state index contributed by atoms with van der Waals surface area (Å²) in [6.45, 7) is 2.84. The smallest absolute Gasteiger partial charge is 0.246 e. The van der Waals surface area contributed by atoms with Crippen LogP contribution >= 0.6 is 34.7 Å². The fourth-order valence-electron chi connectivity index (χ4n) is 2.32. The molecule has 0 radical (unpaired) electrons. The van der Waals surface area contributed by atoms with Gasteiger partial charge in [0.1, 0.15) is 0 Å². The molecule has 0 saturated heterocycles. The topological polar surface area (TPSA) is 59.2 Å². The lowest BCUT2D eigenvalue weighted by Gasteiger charge is -2.18. The van der Waals surface area contributed by atoms with E-state index < -0.39 is 0 Å². The van der Waals surface area contributed by atoms with Crippen LogP contribution in [0.3, 0.4) is 0 Å². The van der Waals surface area contributed by atoms with Crippen LogP contribution in [0.1, 0.15) is 18.4 Å². The number of amides is 1. The molecule has 0 aliphatic carbocycles. The molecule has 0 atom stereocenters. The molecule has 5 nitrogen and oxygen atoms in total. The minimum atomic E-state index is 0.0421. The average Bonchev–Trinajstić information content (AvgIpc) is 3.32. The third-order valence-corrected chi connectivity index (χ3v) is 5.91. The highest BCUT2D eigenvalue weighted by atomic mass is 35.5. The van der Waals surface area contributed by atoms with E-state index in [-0.39, 0.29) is 5.91 Å². The number of nitrogens with zero attached hydrogens (tertiary/aromatic N) is 3. The maximum Gasteiger partial charge on any atom is 0.246 e. The second-order valence-electron chi connectivity index (χ2n) is 5.48. The van der Waals surface area contributed by atoms with Crippen molar-refractivity contribution in [2.75, 3.05) is 12.3 Å². The van der Waals surface area contributed by atoms with Crippen LogP contribution in [0.5, 0.6) is 0 Å². The Labute approximate surface area is 165 Å². The summed E-state index contributed by atoms with van der Waals surface area (Å²) in [6, 6.07) is 11.6. The van der Waals surface area contributed by atoms with E-state index in [0.717, 1.165) is 15.5 Å². The van der Waals surface area contributed by atoms with E-state index in [0.29, 0.717) is 36.3 Å². The van der Waals surface area contributed by atoms with Gasteiger partial charge in [-0.2, -0.15) is 4.98 Å². The van der Waals surface area contributed by atoms with E-state index in [9.17, 15) is 4.79 Å². The van der Waals surface area contributed by atoms with Gasteiger partial charge in [0.05, 0.1) is 17.2 Å². The lowest BCUT2D eigenvalue weighted by molar-refractivity contribution is -0.129. The number of hydrogen-bond acceptors (Lipinski definition) is 6. The summed E-state index contributed by atoms with van der Waals surface area (Å²) in [6.07, 6.45) is 0. The number of halogens is 1. The van der Waals surface area contributed by atoms with Gasteiger partial charge in [0.2, 0.25) is 17.6 Å². The van der Waals surface area contributed by atoms with Gasteiger partial charge in [-0.15, -0.1) is 23.1 Å². The van der Waals surface area contributed by atoms with Gasteiger partial charge in [-0.05, 0) is 30.0 Å². The number of thioether (sulfide) groups is 1. The zero-order valence-electron chi connectivity index (χ0n) is 14.2. The van der Waals surface area contributed by atoms with Gasteiger partial charge in [-0.1, -0.05) is 41.0 Å². The molecule has 0 aliphatic heterocycles. The molecule has 0 unspecified atom stereocenters.